The van der Waals surface area contributed by atoms with Crippen LogP contribution in [-0.2, 0) is 28.6 Å². The maximum atomic E-state index is 12.2. The normalized spacial score (nSPS) is 25.7. The van der Waals surface area contributed by atoms with E-state index in [1.165, 1.54) is 21.3 Å². The molecule has 0 aliphatic heterocycles. The van der Waals surface area contributed by atoms with Crippen LogP contribution in [0.5, 0.6) is 0 Å². The Morgan fingerprint density at radius 1 is 1.09 bits per heavy atom. The molecule has 0 heterocycles. The van der Waals surface area contributed by atoms with Crippen molar-refractivity contribution in [2.24, 2.45) is 17.3 Å². The Kier molecular flexibility index (Phi) is 4.92. The Labute approximate surface area is 135 Å². The zero-order valence-electron chi connectivity index (χ0n) is 13.7. The molecule has 6 heteroatoms. The van der Waals surface area contributed by atoms with E-state index in [9.17, 15) is 14.4 Å². The molecule has 2 rings (SSSR count). The summed E-state index contributed by atoms with van der Waals surface area (Å²) in [6.45, 7) is 4.07. The summed E-state index contributed by atoms with van der Waals surface area (Å²) >= 11 is 0. The number of carbonyl (C=O) groups excluding carboxylic acids is 3. The summed E-state index contributed by atoms with van der Waals surface area (Å²) in [6.07, 6.45) is 3.45. The van der Waals surface area contributed by atoms with Crippen LogP contribution >= 0.6 is 0 Å². The molecule has 0 bridgehead atoms. The summed E-state index contributed by atoms with van der Waals surface area (Å²) in [6, 6.07) is 0. The van der Waals surface area contributed by atoms with E-state index in [0.29, 0.717) is 31.3 Å². The number of fused-ring (bicyclic) bond motifs is 1. The van der Waals surface area contributed by atoms with Crippen molar-refractivity contribution < 1.29 is 28.6 Å². The fourth-order valence-electron chi connectivity index (χ4n) is 3.78. The number of allylic oxidation sites excluding steroid dienone is 2. The highest BCUT2D eigenvalue weighted by Crippen LogP contribution is 2.53. The standard InChI is InChI=1S/C17H22O6/c1-10-7-11(14(18)21-2)5-6-12-8-17(9-13(10)12,15(19)22-3)16(20)23-4/h5,12-13H,1,6-9H2,2-4H3. The average Bonchev–Trinajstić information content (AvgIpc) is 2.90. The monoisotopic (exact) mass is 322 g/mol. The van der Waals surface area contributed by atoms with Crippen molar-refractivity contribution in [3.8, 4) is 0 Å². The van der Waals surface area contributed by atoms with Crippen molar-refractivity contribution in [3.63, 3.8) is 0 Å². The average molecular weight is 322 g/mol. The van der Waals surface area contributed by atoms with Gasteiger partial charge in [-0.25, -0.2) is 4.79 Å². The van der Waals surface area contributed by atoms with Crippen LogP contribution < -0.4 is 0 Å². The van der Waals surface area contributed by atoms with Gasteiger partial charge in [-0.1, -0.05) is 18.2 Å². The Bertz CT molecular complexity index is 558. The van der Waals surface area contributed by atoms with Crippen molar-refractivity contribution in [1.82, 2.24) is 0 Å². The zero-order valence-corrected chi connectivity index (χ0v) is 13.7. The zero-order chi connectivity index (χ0) is 17.2. The van der Waals surface area contributed by atoms with Gasteiger partial charge in [-0.15, -0.1) is 0 Å². The summed E-state index contributed by atoms with van der Waals surface area (Å²) in [5, 5.41) is 0. The van der Waals surface area contributed by atoms with Gasteiger partial charge in [-0.05, 0) is 31.1 Å². The summed E-state index contributed by atoms with van der Waals surface area (Å²) in [7, 11) is 3.88. The van der Waals surface area contributed by atoms with Gasteiger partial charge in [0.1, 0.15) is 0 Å². The van der Waals surface area contributed by atoms with Gasteiger partial charge in [0.15, 0.2) is 5.41 Å². The first kappa shape index (κ1) is 17.2. The number of rotatable bonds is 3. The minimum absolute atomic E-state index is 0.0355. The highest BCUT2D eigenvalue weighted by atomic mass is 16.5. The lowest BCUT2D eigenvalue weighted by atomic mass is 9.83. The smallest absolute Gasteiger partial charge is 0.333 e. The molecule has 2 aliphatic rings. The van der Waals surface area contributed by atoms with E-state index in [-0.39, 0.29) is 17.8 Å². The van der Waals surface area contributed by atoms with Crippen molar-refractivity contribution in [1.29, 1.82) is 0 Å². The number of hydrogen-bond acceptors (Lipinski definition) is 6. The number of hydrogen-bond donors (Lipinski definition) is 0. The first-order valence-electron chi connectivity index (χ1n) is 7.51. The molecule has 0 aromatic heterocycles. The van der Waals surface area contributed by atoms with E-state index in [0.717, 1.165) is 5.57 Å². The highest BCUT2D eigenvalue weighted by Gasteiger charge is 2.57. The van der Waals surface area contributed by atoms with Crippen LogP contribution in [-0.4, -0.2) is 39.2 Å². The molecule has 0 amide bonds. The SMILES string of the molecule is C=C1CC(C(=O)OC)=CCC2CC(C(=O)OC)(C(=O)OC)CC12. The van der Waals surface area contributed by atoms with E-state index in [1.54, 1.807) is 0 Å². The largest absolute Gasteiger partial charge is 0.468 e. The number of methoxy groups -OCH3 is 3. The molecule has 0 N–H and O–H groups in total. The summed E-state index contributed by atoms with van der Waals surface area (Å²) in [4.78, 5) is 36.2. The molecule has 6 nitrogen and oxygen atoms in total. The highest BCUT2D eigenvalue weighted by molar-refractivity contribution is 6.00. The fraction of sp³-hybridized carbons (Fsp3) is 0.588. The van der Waals surface area contributed by atoms with E-state index >= 15 is 0 Å². The topological polar surface area (TPSA) is 78.9 Å². The molecular formula is C17H22O6. The molecule has 126 valence electrons. The van der Waals surface area contributed by atoms with E-state index < -0.39 is 17.4 Å². The second-order valence-corrected chi connectivity index (χ2v) is 6.13. The van der Waals surface area contributed by atoms with E-state index in [2.05, 4.69) is 6.58 Å². The van der Waals surface area contributed by atoms with E-state index in [1.807, 2.05) is 6.08 Å². The van der Waals surface area contributed by atoms with Crippen LogP contribution in [0.25, 0.3) is 0 Å². The molecule has 1 saturated carbocycles. The van der Waals surface area contributed by atoms with Crippen LogP contribution in [0, 0.1) is 17.3 Å². The molecule has 1 fully saturated rings. The Morgan fingerprint density at radius 3 is 2.22 bits per heavy atom. The molecular weight excluding hydrogens is 300 g/mol. The Hall–Kier alpha value is -2.11. The molecule has 2 aliphatic carbocycles. The molecule has 0 radical (unpaired) electrons. The Balaban J connectivity index is 2.31. The molecule has 0 aromatic rings. The van der Waals surface area contributed by atoms with Crippen LogP contribution in [0.2, 0.25) is 0 Å². The maximum Gasteiger partial charge on any atom is 0.333 e. The third kappa shape index (κ3) is 2.90. The molecule has 0 spiro atoms. The van der Waals surface area contributed by atoms with Gasteiger partial charge in [0.25, 0.3) is 0 Å². The number of ether oxygens (including phenoxy) is 3. The van der Waals surface area contributed by atoms with Crippen LogP contribution in [0.1, 0.15) is 25.7 Å². The first-order valence-corrected chi connectivity index (χ1v) is 7.51. The van der Waals surface area contributed by atoms with Gasteiger partial charge in [-0.3, -0.25) is 9.59 Å². The van der Waals surface area contributed by atoms with Gasteiger partial charge in [-0.2, -0.15) is 0 Å². The molecule has 0 aromatic carbocycles. The second-order valence-electron chi connectivity index (χ2n) is 6.13. The van der Waals surface area contributed by atoms with Gasteiger partial charge < -0.3 is 14.2 Å². The summed E-state index contributed by atoms with van der Waals surface area (Å²) < 4.78 is 14.5. The minimum Gasteiger partial charge on any atom is -0.468 e. The van der Waals surface area contributed by atoms with Crippen molar-refractivity contribution >= 4 is 17.9 Å². The predicted octanol–water partition coefficient (Wildman–Crippen LogP) is 1.79. The van der Waals surface area contributed by atoms with Crippen LogP contribution in [0.3, 0.4) is 0 Å². The third-order valence-electron chi connectivity index (χ3n) is 4.96. The third-order valence-corrected chi connectivity index (χ3v) is 4.96. The maximum absolute atomic E-state index is 12.2. The molecule has 0 saturated heterocycles. The quantitative estimate of drug-likeness (QED) is 0.341. The Morgan fingerprint density at radius 2 is 1.70 bits per heavy atom. The van der Waals surface area contributed by atoms with Crippen LogP contribution in [0.4, 0.5) is 0 Å². The second kappa shape index (κ2) is 6.56. The fourth-order valence-corrected chi connectivity index (χ4v) is 3.78. The summed E-state index contributed by atoms with van der Waals surface area (Å²) in [5.41, 5.74) is 0.130. The van der Waals surface area contributed by atoms with Gasteiger partial charge >= 0.3 is 17.9 Å². The lowest BCUT2D eigenvalue weighted by molar-refractivity contribution is -0.169. The lowest BCUT2D eigenvalue weighted by Crippen LogP contribution is -2.39. The minimum atomic E-state index is -1.28. The summed E-state index contributed by atoms with van der Waals surface area (Å²) in [5.74, 6) is -1.49. The molecule has 2 unspecified atom stereocenters. The molecule has 23 heavy (non-hydrogen) atoms. The van der Waals surface area contributed by atoms with Crippen molar-refractivity contribution in [3.05, 3.63) is 23.8 Å². The van der Waals surface area contributed by atoms with Crippen molar-refractivity contribution in [2.45, 2.75) is 25.7 Å². The first-order chi connectivity index (χ1) is 10.9. The van der Waals surface area contributed by atoms with Gasteiger partial charge in [0.2, 0.25) is 0 Å². The number of carbonyl (C=O) groups is 3. The van der Waals surface area contributed by atoms with Crippen molar-refractivity contribution in [2.75, 3.05) is 21.3 Å². The van der Waals surface area contributed by atoms with Gasteiger partial charge in [0.05, 0.1) is 21.3 Å². The van der Waals surface area contributed by atoms with Crippen LogP contribution in [0.15, 0.2) is 23.8 Å². The van der Waals surface area contributed by atoms with E-state index in [4.69, 9.17) is 14.2 Å². The lowest BCUT2D eigenvalue weighted by Gasteiger charge is -2.23. The predicted molar refractivity (Wildman–Crippen MR) is 81.2 cm³/mol. The number of esters is 3. The molecule has 2 atom stereocenters. The van der Waals surface area contributed by atoms with Gasteiger partial charge in [0, 0.05) is 12.0 Å².